The Morgan fingerprint density at radius 3 is 0.500 bits per heavy atom. The van der Waals surface area contributed by atoms with Crippen LogP contribution in [0.1, 0.15) is 0 Å². The van der Waals surface area contributed by atoms with Crippen LogP contribution < -0.4 is 0 Å². The molecule has 0 rings (SSSR count). The maximum Gasteiger partial charge on any atom is 0.299 e. The summed E-state index contributed by atoms with van der Waals surface area (Å²) in [6.45, 7) is 0. The SMILES string of the molecule is O=S(O)O.O=S(O)O.O=S(O)O.[As].[As]. The van der Waals surface area contributed by atoms with E-state index < -0.39 is 34.1 Å². The molecule has 0 aromatic carbocycles. The Labute approximate surface area is 109 Å². The molecule has 0 aromatic rings. The summed E-state index contributed by atoms with van der Waals surface area (Å²) < 4.78 is 68.5. The van der Waals surface area contributed by atoms with Crippen molar-refractivity contribution in [1.29, 1.82) is 0 Å². The van der Waals surface area contributed by atoms with Crippen LogP contribution in [0.2, 0.25) is 0 Å². The molecule has 88 valence electrons. The van der Waals surface area contributed by atoms with Crippen molar-refractivity contribution in [3.8, 4) is 0 Å². The molecule has 6 radical (unpaired) electrons. The molecular formula is H6As2O9S3. The van der Waals surface area contributed by atoms with Gasteiger partial charge in [-0.15, -0.1) is 0 Å². The third-order valence-electron chi connectivity index (χ3n) is 0. The minimum Gasteiger partial charge on any atom is -0.284 e. The van der Waals surface area contributed by atoms with Crippen molar-refractivity contribution >= 4 is 70.0 Å². The Balaban J connectivity index is -0.0000000270. The second kappa shape index (κ2) is 23.9. The van der Waals surface area contributed by atoms with Crippen LogP contribution in [0.25, 0.3) is 0 Å². The summed E-state index contributed by atoms with van der Waals surface area (Å²) in [7, 11) is 0. The van der Waals surface area contributed by atoms with Gasteiger partial charge in [0.1, 0.15) is 0 Å². The summed E-state index contributed by atoms with van der Waals surface area (Å²) in [5, 5.41) is 0. The van der Waals surface area contributed by atoms with E-state index in [1.165, 1.54) is 0 Å². The third kappa shape index (κ3) is 1150. The summed E-state index contributed by atoms with van der Waals surface area (Å²) in [4.78, 5) is 0. The molecule has 14 heavy (non-hydrogen) atoms. The summed E-state index contributed by atoms with van der Waals surface area (Å²) in [5.74, 6) is 0. The average Bonchev–Trinajstić information content (AvgIpc) is 1.54. The van der Waals surface area contributed by atoms with Gasteiger partial charge in [-0.1, -0.05) is 0 Å². The van der Waals surface area contributed by atoms with Crippen molar-refractivity contribution in [3.63, 3.8) is 0 Å². The molecule has 0 spiro atoms. The van der Waals surface area contributed by atoms with Crippen LogP contribution in [-0.4, -0.2) is 75.8 Å². The summed E-state index contributed by atoms with van der Waals surface area (Å²) in [6.07, 6.45) is 0. The van der Waals surface area contributed by atoms with E-state index in [-0.39, 0.29) is 35.9 Å². The molecule has 9 nitrogen and oxygen atoms in total. The molecule has 0 atom stereocenters. The maximum atomic E-state index is 8.67. The van der Waals surface area contributed by atoms with E-state index in [9.17, 15) is 0 Å². The minimum atomic E-state index is -2.61. The first kappa shape index (κ1) is 29.5. The van der Waals surface area contributed by atoms with Crippen LogP contribution in [0.5, 0.6) is 0 Å². The van der Waals surface area contributed by atoms with Crippen LogP contribution in [0.3, 0.4) is 0 Å². The summed E-state index contributed by atoms with van der Waals surface area (Å²) in [6, 6.07) is 0. The molecular weight excluding hydrogens is 390 g/mol. The molecule has 0 bridgehead atoms. The van der Waals surface area contributed by atoms with Crippen molar-refractivity contribution in [3.05, 3.63) is 0 Å². The van der Waals surface area contributed by atoms with Crippen LogP contribution >= 0.6 is 0 Å². The topological polar surface area (TPSA) is 173 Å². The molecule has 0 fully saturated rings. The first-order chi connectivity index (χ1) is 5.20. The summed E-state index contributed by atoms with van der Waals surface area (Å²) >= 11 is -7.83. The van der Waals surface area contributed by atoms with E-state index in [0.717, 1.165) is 0 Å². The zero-order chi connectivity index (χ0) is 10.7. The Morgan fingerprint density at radius 2 is 0.500 bits per heavy atom. The second-order valence-corrected chi connectivity index (χ2v) is 2.08. The Kier molecular flexibility index (Phi) is 50.3. The first-order valence-corrected chi connectivity index (χ1v) is 4.79. The molecule has 0 unspecified atom stereocenters. The predicted octanol–water partition coefficient (Wildman–Crippen LogP) is -1.72. The van der Waals surface area contributed by atoms with Crippen LogP contribution in [-0.2, 0) is 34.1 Å². The number of hydrogen-bond donors (Lipinski definition) is 6. The monoisotopic (exact) mass is 396 g/mol. The molecule has 14 heteroatoms. The first-order valence-electron chi connectivity index (χ1n) is 1.60. The molecule has 0 aromatic heterocycles. The van der Waals surface area contributed by atoms with Gasteiger partial charge in [0, 0.05) is 35.9 Å². The van der Waals surface area contributed by atoms with Crippen LogP contribution in [0.15, 0.2) is 0 Å². The van der Waals surface area contributed by atoms with Gasteiger partial charge in [-0.2, -0.15) is 12.6 Å². The van der Waals surface area contributed by atoms with Gasteiger partial charge >= 0.3 is 0 Å². The minimum absolute atomic E-state index is 0. The van der Waals surface area contributed by atoms with Crippen LogP contribution in [0, 0.1) is 0 Å². The standard InChI is InChI=1S/2As.3H2O3S/c;;3*1-4(2)3/h;;3*(H2,1,2,3). The molecule has 0 heterocycles. The normalized spacial score (nSPS) is 7.50. The van der Waals surface area contributed by atoms with E-state index in [2.05, 4.69) is 0 Å². The molecule has 0 saturated heterocycles. The quantitative estimate of drug-likeness (QED) is 0.206. The van der Waals surface area contributed by atoms with Gasteiger partial charge in [0.25, 0.3) is 34.1 Å². The fraction of sp³-hybridized carbons (Fsp3) is 0. The van der Waals surface area contributed by atoms with Gasteiger partial charge in [0.05, 0.1) is 0 Å². The second-order valence-electron chi connectivity index (χ2n) is 0.692. The van der Waals surface area contributed by atoms with Gasteiger partial charge in [0.15, 0.2) is 0 Å². The van der Waals surface area contributed by atoms with Gasteiger partial charge < -0.3 is 0 Å². The fourth-order valence-corrected chi connectivity index (χ4v) is 0. The van der Waals surface area contributed by atoms with Crippen molar-refractivity contribution in [2.24, 2.45) is 0 Å². The maximum absolute atomic E-state index is 8.67. The molecule has 0 aliphatic rings. The van der Waals surface area contributed by atoms with Gasteiger partial charge in [-0.3, -0.25) is 27.3 Å². The van der Waals surface area contributed by atoms with Crippen molar-refractivity contribution in [1.82, 2.24) is 0 Å². The molecule has 0 aliphatic carbocycles. The average molecular weight is 396 g/mol. The smallest absolute Gasteiger partial charge is 0.284 e. The largest absolute Gasteiger partial charge is 0.299 e. The third-order valence-corrected chi connectivity index (χ3v) is 0. The number of hydrogen-bond acceptors (Lipinski definition) is 3. The number of rotatable bonds is 0. The van der Waals surface area contributed by atoms with Gasteiger partial charge in [-0.25, -0.2) is 0 Å². The Morgan fingerprint density at radius 1 is 0.500 bits per heavy atom. The van der Waals surface area contributed by atoms with Crippen LogP contribution in [0.4, 0.5) is 0 Å². The predicted molar refractivity (Wildman–Crippen MR) is 51.7 cm³/mol. The Bertz CT molecular complexity index is 116. The molecule has 6 N–H and O–H groups in total. The van der Waals surface area contributed by atoms with E-state index in [1.807, 2.05) is 0 Å². The molecule has 0 amide bonds. The zero-order valence-corrected chi connectivity index (χ0v) is 12.2. The van der Waals surface area contributed by atoms with Crippen molar-refractivity contribution < 1.29 is 39.9 Å². The van der Waals surface area contributed by atoms with E-state index in [4.69, 9.17) is 39.9 Å². The molecule has 0 aliphatic heterocycles. The van der Waals surface area contributed by atoms with E-state index in [0.29, 0.717) is 0 Å². The zero-order valence-electron chi connectivity index (χ0n) is 6.03. The summed E-state index contributed by atoms with van der Waals surface area (Å²) in [5.41, 5.74) is 0. The van der Waals surface area contributed by atoms with Crippen molar-refractivity contribution in [2.75, 3.05) is 0 Å². The van der Waals surface area contributed by atoms with Gasteiger partial charge in [-0.05, 0) is 0 Å². The Hall–Kier alpha value is 1.33. The van der Waals surface area contributed by atoms with E-state index in [1.54, 1.807) is 0 Å². The van der Waals surface area contributed by atoms with E-state index >= 15 is 0 Å². The molecule has 0 saturated carbocycles. The van der Waals surface area contributed by atoms with Gasteiger partial charge in [0.2, 0.25) is 0 Å². The fourth-order valence-electron chi connectivity index (χ4n) is 0. The van der Waals surface area contributed by atoms with Crippen molar-refractivity contribution in [2.45, 2.75) is 0 Å².